The number of benzene rings is 1. The molecule has 146 valence electrons. The Morgan fingerprint density at radius 2 is 2.15 bits per heavy atom. The Kier molecular flexibility index (Phi) is 8.39. The van der Waals surface area contributed by atoms with Crippen LogP contribution in [0.2, 0.25) is 0 Å². The molecule has 2 amide bonds. The number of methoxy groups -OCH3 is 1. The number of halogens is 1. The number of aliphatic hydroxyl groups is 1. The fraction of sp³-hybridized carbons (Fsp3) is 0.588. The summed E-state index contributed by atoms with van der Waals surface area (Å²) in [6, 6.07) is 4.14. The van der Waals surface area contributed by atoms with Crippen LogP contribution in [0, 0.1) is 5.82 Å². The molecule has 1 aliphatic heterocycles. The lowest BCUT2D eigenvalue weighted by molar-refractivity contribution is 0.0532. The molecule has 1 atom stereocenters. The largest absolute Gasteiger partial charge is 0.494 e. The normalized spacial score (nSPS) is 15.4. The third-order valence-corrected chi connectivity index (χ3v) is 3.82. The first-order valence-corrected chi connectivity index (χ1v) is 8.56. The van der Waals surface area contributed by atoms with Gasteiger partial charge in [0, 0.05) is 38.8 Å². The summed E-state index contributed by atoms with van der Waals surface area (Å²) in [6.07, 6.45) is -0.755. The van der Waals surface area contributed by atoms with Gasteiger partial charge in [0.25, 0.3) is 0 Å². The molecule has 0 radical (unpaired) electrons. The number of aliphatic hydroxyl groups excluding tert-OH is 1. The molecular weight excluding hydrogens is 345 g/mol. The van der Waals surface area contributed by atoms with Gasteiger partial charge in [-0.3, -0.25) is 0 Å². The Labute approximate surface area is 152 Å². The number of amides is 2. The molecular formula is C17H26FN3O5. The average molecular weight is 371 g/mol. The third kappa shape index (κ3) is 6.66. The molecule has 2 rings (SSSR count). The molecule has 1 aliphatic rings. The molecule has 0 aromatic heterocycles. The minimum absolute atomic E-state index is 0.0267. The molecule has 3 N–H and O–H groups in total. The molecule has 0 aliphatic carbocycles. The van der Waals surface area contributed by atoms with Crippen molar-refractivity contribution in [3.8, 4) is 11.5 Å². The minimum Gasteiger partial charge on any atom is -0.494 e. The van der Waals surface area contributed by atoms with Gasteiger partial charge in [-0.15, -0.1) is 0 Å². The number of ether oxygens (including phenoxy) is 3. The predicted octanol–water partition coefficient (Wildman–Crippen LogP) is 0.205. The van der Waals surface area contributed by atoms with Gasteiger partial charge in [-0.05, 0) is 12.1 Å². The molecule has 1 saturated heterocycles. The highest BCUT2D eigenvalue weighted by molar-refractivity contribution is 5.74. The van der Waals surface area contributed by atoms with Gasteiger partial charge in [0.1, 0.15) is 18.5 Å². The van der Waals surface area contributed by atoms with E-state index in [9.17, 15) is 14.3 Å². The van der Waals surface area contributed by atoms with Crippen LogP contribution in [0.25, 0.3) is 0 Å². The highest BCUT2D eigenvalue weighted by Crippen LogP contribution is 2.22. The minimum atomic E-state index is -0.755. The van der Waals surface area contributed by atoms with E-state index in [2.05, 4.69) is 10.6 Å². The number of rotatable bonds is 9. The lowest BCUT2D eigenvalue weighted by Crippen LogP contribution is -2.47. The fourth-order valence-corrected chi connectivity index (χ4v) is 2.39. The fourth-order valence-electron chi connectivity index (χ4n) is 2.39. The Hall–Kier alpha value is -2.10. The summed E-state index contributed by atoms with van der Waals surface area (Å²) in [5, 5.41) is 15.7. The molecule has 26 heavy (non-hydrogen) atoms. The second-order valence-electron chi connectivity index (χ2n) is 5.80. The quantitative estimate of drug-likeness (QED) is 0.538. The van der Waals surface area contributed by atoms with Crippen molar-refractivity contribution in [1.29, 1.82) is 0 Å². The lowest BCUT2D eigenvalue weighted by atomic mass is 10.3. The van der Waals surface area contributed by atoms with Crippen molar-refractivity contribution in [2.24, 2.45) is 0 Å². The first-order chi connectivity index (χ1) is 12.6. The highest BCUT2D eigenvalue weighted by atomic mass is 19.1. The molecule has 1 heterocycles. The standard InChI is InChI=1S/C17H26FN3O5/c1-24-16-3-2-14(10-15(16)18)26-12-13(22)11-19-4-5-20-17(23)21-6-8-25-9-7-21/h2-3,10,13,19,22H,4-9,11-12H2,1H3,(H,20,23)/t13-/m0/s1. The number of nitrogens with one attached hydrogen (secondary N) is 2. The average Bonchev–Trinajstić information content (AvgIpc) is 2.66. The number of urea groups is 1. The molecule has 9 heteroatoms. The maximum atomic E-state index is 13.5. The van der Waals surface area contributed by atoms with E-state index in [1.165, 1.54) is 19.2 Å². The van der Waals surface area contributed by atoms with E-state index in [4.69, 9.17) is 14.2 Å². The Bertz CT molecular complexity index is 569. The maximum absolute atomic E-state index is 13.5. The van der Waals surface area contributed by atoms with Crippen molar-refractivity contribution in [2.75, 3.05) is 59.7 Å². The zero-order chi connectivity index (χ0) is 18.8. The van der Waals surface area contributed by atoms with Crippen LogP contribution in [-0.4, -0.2) is 81.8 Å². The highest BCUT2D eigenvalue weighted by Gasteiger charge is 2.15. The second kappa shape index (κ2) is 10.8. The maximum Gasteiger partial charge on any atom is 0.317 e. The molecule has 0 spiro atoms. The van der Waals surface area contributed by atoms with E-state index in [0.29, 0.717) is 51.7 Å². The molecule has 0 saturated carbocycles. The Morgan fingerprint density at radius 3 is 2.85 bits per heavy atom. The Morgan fingerprint density at radius 1 is 1.38 bits per heavy atom. The monoisotopic (exact) mass is 371 g/mol. The van der Waals surface area contributed by atoms with E-state index in [1.807, 2.05) is 0 Å². The van der Waals surface area contributed by atoms with Crippen molar-refractivity contribution in [3.63, 3.8) is 0 Å². The Balaban J connectivity index is 1.55. The van der Waals surface area contributed by atoms with Gasteiger partial charge in [-0.25, -0.2) is 9.18 Å². The van der Waals surface area contributed by atoms with Gasteiger partial charge < -0.3 is 34.9 Å². The van der Waals surface area contributed by atoms with Crippen LogP contribution in [0.4, 0.5) is 9.18 Å². The third-order valence-electron chi connectivity index (χ3n) is 3.82. The molecule has 1 fully saturated rings. The first-order valence-electron chi connectivity index (χ1n) is 8.56. The van der Waals surface area contributed by atoms with Crippen molar-refractivity contribution < 1.29 is 28.5 Å². The summed E-state index contributed by atoms with van der Waals surface area (Å²) in [7, 11) is 1.39. The molecule has 8 nitrogen and oxygen atoms in total. The summed E-state index contributed by atoms with van der Waals surface area (Å²) >= 11 is 0. The van der Waals surface area contributed by atoms with Crippen molar-refractivity contribution in [3.05, 3.63) is 24.0 Å². The zero-order valence-corrected chi connectivity index (χ0v) is 14.9. The van der Waals surface area contributed by atoms with Crippen LogP contribution >= 0.6 is 0 Å². The van der Waals surface area contributed by atoms with Crippen molar-refractivity contribution in [1.82, 2.24) is 15.5 Å². The number of hydrogen-bond acceptors (Lipinski definition) is 6. The SMILES string of the molecule is COc1ccc(OC[C@@H](O)CNCCNC(=O)N2CCOCC2)cc1F. The van der Waals surface area contributed by atoms with Crippen LogP contribution < -0.4 is 20.1 Å². The molecule has 0 unspecified atom stereocenters. The van der Waals surface area contributed by atoms with Crippen molar-refractivity contribution in [2.45, 2.75) is 6.10 Å². The molecule has 1 aromatic rings. The van der Waals surface area contributed by atoms with E-state index < -0.39 is 11.9 Å². The summed E-state index contributed by atoms with van der Waals surface area (Å²) in [4.78, 5) is 13.6. The summed E-state index contributed by atoms with van der Waals surface area (Å²) in [5.74, 6) is -0.0626. The van der Waals surface area contributed by atoms with Gasteiger partial charge in [-0.2, -0.15) is 0 Å². The summed E-state index contributed by atoms with van der Waals surface area (Å²) < 4.78 is 28.9. The number of nitrogens with zero attached hydrogens (tertiary/aromatic N) is 1. The van der Waals surface area contributed by atoms with Crippen LogP contribution in [-0.2, 0) is 4.74 Å². The van der Waals surface area contributed by atoms with Gasteiger partial charge in [0.05, 0.1) is 20.3 Å². The summed E-state index contributed by atoms with van der Waals surface area (Å²) in [5.41, 5.74) is 0. The molecule has 0 bridgehead atoms. The topological polar surface area (TPSA) is 92.3 Å². The van der Waals surface area contributed by atoms with Gasteiger partial charge in [0.2, 0.25) is 0 Å². The van der Waals surface area contributed by atoms with E-state index in [1.54, 1.807) is 11.0 Å². The van der Waals surface area contributed by atoms with E-state index in [-0.39, 0.29) is 18.4 Å². The first kappa shape index (κ1) is 20.2. The molecule has 1 aromatic carbocycles. The second-order valence-corrected chi connectivity index (χ2v) is 5.80. The number of morpholine rings is 1. The van der Waals surface area contributed by atoms with E-state index >= 15 is 0 Å². The number of hydrogen-bond donors (Lipinski definition) is 3. The number of carbonyl (C=O) groups is 1. The van der Waals surface area contributed by atoms with Crippen LogP contribution in [0.15, 0.2) is 18.2 Å². The van der Waals surface area contributed by atoms with Crippen LogP contribution in [0.1, 0.15) is 0 Å². The van der Waals surface area contributed by atoms with E-state index in [0.717, 1.165) is 0 Å². The van der Waals surface area contributed by atoms with Gasteiger partial charge in [0.15, 0.2) is 11.6 Å². The number of carbonyl (C=O) groups excluding carboxylic acids is 1. The van der Waals surface area contributed by atoms with Gasteiger partial charge >= 0.3 is 6.03 Å². The van der Waals surface area contributed by atoms with Crippen LogP contribution in [0.5, 0.6) is 11.5 Å². The zero-order valence-electron chi connectivity index (χ0n) is 14.9. The predicted molar refractivity (Wildman–Crippen MR) is 93.1 cm³/mol. The lowest BCUT2D eigenvalue weighted by Gasteiger charge is -2.27. The summed E-state index contributed by atoms with van der Waals surface area (Å²) in [6.45, 7) is 3.62. The van der Waals surface area contributed by atoms with Crippen LogP contribution in [0.3, 0.4) is 0 Å². The van der Waals surface area contributed by atoms with Crippen molar-refractivity contribution >= 4 is 6.03 Å². The smallest absolute Gasteiger partial charge is 0.317 e. The van der Waals surface area contributed by atoms with Gasteiger partial charge in [-0.1, -0.05) is 0 Å².